The molecule has 182 valence electrons. The van der Waals surface area contributed by atoms with Crippen LogP contribution in [0, 0.1) is 11.3 Å². The molecule has 4 heteroatoms. The largest absolute Gasteiger partial charge is 0.488 e. The molecule has 0 saturated heterocycles. The lowest BCUT2D eigenvalue weighted by Crippen LogP contribution is -2.23. The van der Waals surface area contributed by atoms with E-state index in [1.165, 1.54) is 11.6 Å². The van der Waals surface area contributed by atoms with Crippen molar-refractivity contribution >= 4 is 12.0 Å². The minimum Gasteiger partial charge on any atom is -0.488 e. The second-order valence-corrected chi connectivity index (χ2v) is 11.3. The summed E-state index contributed by atoms with van der Waals surface area (Å²) in [6, 6.07) is 14.7. The van der Waals surface area contributed by atoms with E-state index in [0.717, 1.165) is 28.0 Å². The summed E-state index contributed by atoms with van der Waals surface area (Å²) < 4.78 is 11.4. The molecular weight excluding hydrogens is 422 g/mol. The van der Waals surface area contributed by atoms with Gasteiger partial charge in [-0.3, -0.25) is 0 Å². The number of hydrogen-bond acceptors (Lipinski definition) is 4. The summed E-state index contributed by atoms with van der Waals surface area (Å²) in [5.74, 6) is 0.417. The minimum atomic E-state index is -0.708. The second kappa shape index (κ2) is 10.5. The maximum atomic E-state index is 11.6. The van der Waals surface area contributed by atoms with E-state index in [2.05, 4.69) is 59.7 Å². The Kier molecular flexibility index (Phi) is 8.37. The Morgan fingerprint density at radius 2 is 1.62 bits per heavy atom. The van der Waals surface area contributed by atoms with Crippen LogP contribution < -0.4 is 4.74 Å². The predicted octanol–water partition coefficient (Wildman–Crippen LogP) is 7.24. The highest BCUT2D eigenvalue weighted by Crippen LogP contribution is 2.43. The van der Waals surface area contributed by atoms with Crippen LogP contribution in [0.5, 0.6) is 5.75 Å². The lowest BCUT2D eigenvalue weighted by atomic mass is 9.74. The van der Waals surface area contributed by atoms with Gasteiger partial charge in [-0.05, 0) is 66.5 Å². The maximum absolute atomic E-state index is 11.6. The van der Waals surface area contributed by atoms with Crippen LogP contribution >= 0.6 is 0 Å². The van der Waals surface area contributed by atoms with Gasteiger partial charge in [-0.1, -0.05) is 65.8 Å². The number of nitrogens with zero attached hydrogens (tertiary/aromatic N) is 1. The van der Waals surface area contributed by atoms with E-state index < -0.39 is 5.41 Å². The summed E-state index contributed by atoms with van der Waals surface area (Å²) in [6.45, 7) is 19.4. The summed E-state index contributed by atoms with van der Waals surface area (Å²) in [4.78, 5) is 11.6. The zero-order valence-electron chi connectivity index (χ0n) is 22.2. The fraction of sp³-hybridized carbons (Fsp3) is 0.467. The van der Waals surface area contributed by atoms with Crippen molar-refractivity contribution in [2.24, 2.45) is 0 Å². The van der Waals surface area contributed by atoms with E-state index in [9.17, 15) is 10.1 Å². The van der Waals surface area contributed by atoms with Crippen LogP contribution in [0.3, 0.4) is 0 Å². The van der Waals surface area contributed by atoms with Crippen LogP contribution in [0.2, 0.25) is 0 Å². The maximum Gasteiger partial charge on any atom is 0.330 e. The Labute approximate surface area is 205 Å². The number of benzene rings is 2. The Bertz CT molecular complexity index is 1090. The smallest absolute Gasteiger partial charge is 0.330 e. The van der Waals surface area contributed by atoms with Gasteiger partial charge in [-0.25, -0.2) is 4.79 Å². The third-order valence-corrected chi connectivity index (χ3v) is 5.75. The minimum absolute atomic E-state index is 0.0571. The molecule has 0 aliphatic carbocycles. The van der Waals surface area contributed by atoms with Crippen molar-refractivity contribution in [3.63, 3.8) is 0 Å². The Balaban J connectivity index is 2.50. The van der Waals surface area contributed by atoms with Gasteiger partial charge in [0.05, 0.1) is 18.1 Å². The summed E-state index contributed by atoms with van der Waals surface area (Å²) in [5, 5.41) is 9.97. The highest BCUT2D eigenvalue weighted by Gasteiger charge is 2.32. The quantitative estimate of drug-likeness (QED) is 0.322. The highest BCUT2D eigenvalue weighted by molar-refractivity contribution is 5.87. The lowest BCUT2D eigenvalue weighted by molar-refractivity contribution is -0.137. The van der Waals surface area contributed by atoms with Gasteiger partial charge in [-0.15, -0.1) is 0 Å². The zero-order valence-corrected chi connectivity index (χ0v) is 22.2. The van der Waals surface area contributed by atoms with Crippen molar-refractivity contribution in [2.75, 3.05) is 6.61 Å². The fourth-order valence-electron chi connectivity index (χ4n) is 3.60. The van der Waals surface area contributed by atoms with Crippen molar-refractivity contribution in [3.05, 3.63) is 70.3 Å². The Hall–Kier alpha value is -3.06. The van der Waals surface area contributed by atoms with Crippen LogP contribution in [0.15, 0.2) is 42.5 Å². The van der Waals surface area contributed by atoms with E-state index >= 15 is 0 Å². The zero-order chi connectivity index (χ0) is 25.7. The molecule has 2 aromatic carbocycles. The average Bonchev–Trinajstić information content (AvgIpc) is 2.75. The van der Waals surface area contributed by atoms with E-state index in [0.29, 0.717) is 13.2 Å². The van der Waals surface area contributed by atoms with Crippen molar-refractivity contribution < 1.29 is 14.3 Å². The van der Waals surface area contributed by atoms with E-state index in [1.54, 1.807) is 13.0 Å². The number of carbonyl (C=O) groups excluding carboxylic acids is 1. The van der Waals surface area contributed by atoms with E-state index in [1.807, 2.05) is 38.1 Å². The van der Waals surface area contributed by atoms with Gasteiger partial charge in [0, 0.05) is 17.2 Å². The van der Waals surface area contributed by atoms with Gasteiger partial charge in [0.1, 0.15) is 12.4 Å². The molecule has 0 aliphatic rings. The molecule has 2 aromatic rings. The molecule has 0 N–H and O–H groups in total. The monoisotopic (exact) mass is 461 g/mol. The first kappa shape index (κ1) is 27.2. The van der Waals surface area contributed by atoms with Crippen molar-refractivity contribution in [1.29, 1.82) is 5.26 Å². The fourth-order valence-corrected chi connectivity index (χ4v) is 3.60. The van der Waals surface area contributed by atoms with Crippen molar-refractivity contribution in [1.82, 2.24) is 0 Å². The molecule has 34 heavy (non-hydrogen) atoms. The van der Waals surface area contributed by atoms with Crippen LogP contribution in [0.25, 0.3) is 6.08 Å². The number of esters is 1. The number of ether oxygens (including phenoxy) is 2. The van der Waals surface area contributed by atoms with Gasteiger partial charge in [-0.2, -0.15) is 5.26 Å². The van der Waals surface area contributed by atoms with Crippen LogP contribution in [0.4, 0.5) is 0 Å². The third-order valence-electron chi connectivity index (χ3n) is 5.75. The summed E-state index contributed by atoms with van der Waals surface area (Å²) in [6.07, 6.45) is 3.17. The first-order chi connectivity index (χ1) is 15.7. The molecule has 0 spiro atoms. The summed E-state index contributed by atoms with van der Waals surface area (Å²) in [7, 11) is 0. The van der Waals surface area contributed by atoms with E-state index in [-0.39, 0.29) is 16.8 Å². The molecule has 0 saturated carbocycles. The highest BCUT2D eigenvalue weighted by atomic mass is 16.5. The summed E-state index contributed by atoms with van der Waals surface area (Å²) in [5.41, 5.74) is 4.13. The van der Waals surface area contributed by atoms with Crippen LogP contribution in [0.1, 0.15) is 90.1 Å². The molecule has 2 rings (SSSR count). The number of nitriles is 1. The normalized spacial score (nSPS) is 12.5. The third kappa shape index (κ3) is 6.97. The first-order valence-electron chi connectivity index (χ1n) is 11.9. The van der Waals surface area contributed by atoms with Gasteiger partial charge in [0.25, 0.3) is 0 Å². The van der Waals surface area contributed by atoms with Crippen molar-refractivity contribution in [3.8, 4) is 11.8 Å². The molecule has 0 radical (unpaired) electrons. The second-order valence-electron chi connectivity index (χ2n) is 11.3. The Morgan fingerprint density at radius 3 is 2.18 bits per heavy atom. The predicted molar refractivity (Wildman–Crippen MR) is 139 cm³/mol. The molecule has 0 unspecified atom stereocenters. The lowest BCUT2D eigenvalue weighted by Gasteiger charge is -2.32. The van der Waals surface area contributed by atoms with Gasteiger partial charge < -0.3 is 9.47 Å². The molecule has 0 aromatic heterocycles. The first-order valence-corrected chi connectivity index (χ1v) is 11.9. The molecule has 4 nitrogen and oxygen atoms in total. The standard InChI is InChI=1S/C30H39NO3/c1-10-33-26(32)15-14-21-12-11-13-22(16-21)19-34-27-24(29(5,6)7)17-23(28(2,3)4)18-25(27)30(8,9)20-31/h11-18H,10,19H2,1-9H3/b15-14+. The number of rotatable bonds is 7. The van der Waals surface area contributed by atoms with Crippen molar-refractivity contribution in [2.45, 2.75) is 85.2 Å². The molecular formula is C30H39NO3. The van der Waals surface area contributed by atoms with Crippen LogP contribution in [-0.4, -0.2) is 12.6 Å². The van der Waals surface area contributed by atoms with Gasteiger partial charge in [0.15, 0.2) is 0 Å². The van der Waals surface area contributed by atoms with E-state index in [4.69, 9.17) is 9.47 Å². The molecule has 0 bridgehead atoms. The Morgan fingerprint density at radius 1 is 0.971 bits per heavy atom. The molecule has 0 heterocycles. The summed E-state index contributed by atoms with van der Waals surface area (Å²) >= 11 is 0. The van der Waals surface area contributed by atoms with Gasteiger partial charge in [0.2, 0.25) is 0 Å². The molecule has 0 amide bonds. The average molecular weight is 462 g/mol. The SMILES string of the molecule is CCOC(=O)/C=C/c1cccc(COc2c(C(C)(C)C)cc(C(C)(C)C)cc2C(C)(C)C#N)c1. The van der Waals surface area contributed by atoms with Gasteiger partial charge >= 0.3 is 5.97 Å². The van der Waals surface area contributed by atoms with Crippen LogP contribution in [-0.2, 0) is 32.4 Å². The number of hydrogen-bond donors (Lipinski definition) is 0. The molecule has 0 fully saturated rings. The molecule has 0 aliphatic heterocycles. The topological polar surface area (TPSA) is 59.3 Å². The number of carbonyl (C=O) groups is 1. The molecule has 0 atom stereocenters.